The van der Waals surface area contributed by atoms with E-state index in [0.29, 0.717) is 31.8 Å². The number of tetrazole rings is 1. The molecule has 0 saturated heterocycles. The summed E-state index contributed by atoms with van der Waals surface area (Å²) in [6.45, 7) is 8.43. The average molecular weight is 505 g/mol. The molecule has 0 bridgehead atoms. The summed E-state index contributed by atoms with van der Waals surface area (Å²) < 4.78 is 18.1. The van der Waals surface area contributed by atoms with E-state index >= 15 is 0 Å². The molecule has 1 N–H and O–H groups in total. The van der Waals surface area contributed by atoms with Crippen molar-refractivity contribution in [1.29, 1.82) is 0 Å². The number of hydrogen-bond acceptors (Lipinski definition) is 8. The second kappa shape index (κ2) is 10.7. The molecule has 0 spiro atoms. The number of ether oxygens (including phenoxy) is 3. The monoisotopic (exact) mass is 504 g/mol. The van der Waals surface area contributed by atoms with Crippen LogP contribution in [0.3, 0.4) is 0 Å². The van der Waals surface area contributed by atoms with Gasteiger partial charge in [-0.2, -0.15) is 0 Å². The van der Waals surface area contributed by atoms with Crippen LogP contribution in [0, 0.1) is 13.8 Å². The number of methoxy groups -OCH3 is 1. The van der Waals surface area contributed by atoms with Gasteiger partial charge in [0.2, 0.25) is 6.79 Å². The van der Waals surface area contributed by atoms with Crippen LogP contribution in [-0.4, -0.2) is 50.6 Å². The summed E-state index contributed by atoms with van der Waals surface area (Å²) in [6.07, 6.45) is 0.752. The second-order valence-electron chi connectivity index (χ2n) is 9.38. The maximum atomic E-state index is 13.3. The molecule has 0 saturated carbocycles. The fourth-order valence-corrected chi connectivity index (χ4v) is 4.90. The minimum atomic E-state index is -0.133. The molecule has 0 amide bonds. The van der Waals surface area contributed by atoms with Crippen molar-refractivity contribution in [2.24, 2.45) is 0 Å². The first kappa shape index (κ1) is 24.9. The summed E-state index contributed by atoms with van der Waals surface area (Å²) in [5.41, 5.74) is 4.69. The minimum Gasteiger partial charge on any atom is -0.454 e. The summed E-state index contributed by atoms with van der Waals surface area (Å²) in [7, 11) is 1.66. The quantitative estimate of drug-likeness (QED) is 0.349. The Labute approximate surface area is 215 Å². The largest absolute Gasteiger partial charge is 0.454 e. The van der Waals surface area contributed by atoms with Gasteiger partial charge in [-0.1, -0.05) is 25.1 Å². The molecule has 5 rings (SSSR count). The Morgan fingerprint density at radius 2 is 1.92 bits per heavy atom. The number of H-pyrrole nitrogens is 1. The number of aryl methyl sites for hydroxylation is 2. The third kappa shape index (κ3) is 5.07. The SMILES string of the molecule is CCC(c1nnnn1CCOC)N(Cc1ccc2c(c1)OCO2)Cc1cc2c(C)ccc(C)c2[nH]c1=O. The lowest BCUT2D eigenvalue weighted by Crippen LogP contribution is -2.32. The Kier molecular flexibility index (Phi) is 7.20. The molecule has 10 nitrogen and oxygen atoms in total. The van der Waals surface area contributed by atoms with Gasteiger partial charge in [-0.05, 0) is 65.6 Å². The molecule has 0 radical (unpaired) electrons. The van der Waals surface area contributed by atoms with Crippen LogP contribution in [0.2, 0.25) is 0 Å². The van der Waals surface area contributed by atoms with Crippen molar-refractivity contribution in [2.45, 2.75) is 52.9 Å². The van der Waals surface area contributed by atoms with E-state index in [2.05, 4.69) is 45.3 Å². The van der Waals surface area contributed by atoms with Gasteiger partial charge in [-0.15, -0.1) is 5.10 Å². The Balaban J connectivity index is 1.54. The van der Waals surface area contributed by atoms with Gasteiger partial charge in [0.05, 0.1) is 24.7 Å². The van der Waals surface area contributed by atoms with Gasteiger partial charge in [-0.3, -0.25) is 9.69 Å². The molecular formula is C27H32N6O4. The van der Waals surface area contributed by atoms with E-state index in [1.54, 1.807) is 11.8 Å². The molecule has 0 aliphatic carbocycles. The predicted octanol–water partition coefficient (Wildman–Crippen LogP) is 3.66. The molecule has 37 heavy (non-hydrogen) atoms. The molecule has 194 valence electrons. The fraction of sp³-hybridized carbons (Fsp3) is 0.407. The number of aromatic nitrogens is 5. The van der Waals surface area contributed by atoms with Crippen LogP contribution in [0.15, 0.2) is 41.2 Å². The molecule has 2 aromatic heterocycles. The van der Waals surface area contributed by atoms with Crippen LogP contribution in [0.4, 0.5) is 0 Å². The second-order valence-corrected chi connectivity index (χ2v) is 9.38. The van der Waals surface area contributed by atoms with Crippen LogP contribution >= 0.6 is 0 Å². The third-order valence-corrected chi connectivity index (χ3v) is 6.91. The summed E-state index contributed by atoms with van der Waals surface area (Å²) >= 11 is 0. The highest BCUT2D eigenvalue weighted by molar-refractivity contribution is 5.85. The summed E-state index contributed by atoms with van der Waals surface area (Å²) in [4.78, 5) is 18.6. The van der Waals surface area contributed by atoms with Crippen LogP contribution in [-0.2, 0) is 24.4 Å². The van der Waals surface area contributed by atoms with Crippen molar-refractivity contribution in [2.75, 3.05) is 20.5 Å². The molecule has 2 aromatic carbocycles. The summed E-state index contributed by atoms with van der Waals surface area (Å²) in [5.74, 6) is 2.21. The molecule has 3 heterocycles. The number of rotatable bonds is 10. The van der Waals surface area contributed by atoms with Crippen LogP contribution in [0.1, 0.15) is 47.5 Å². The molecule has 1 unspecified atom stereocenters. The highest BCUT2D eigenvalue weighted by Crippen LogP contribution is 2.34. The fourth-order valence-electron chi connectivity index (χ4n) is 4.90. The van der Waals surface area contributed by atoms with Gasteiger partial charge in [0.15, 0.2) is 17.3 Å². The van der Waals surface area contributed by atoms with Gasteiger partial charge in [-0.25, -0.2) is 4.68 Å². The minimum absolute atomic E-state index is 0.0919. The van der Waals surface area contributed by atoms with Gasteiger partial charge in [0, 0.05) is 31.1 Å². The van der Waals surface area contributed by atoms with Crippen molar-refractivity contribution in [3.8, 4) is 11.5 Å². The van der Waals surface area contributed by atoms with Crippen molar-refractivity contribution in [1.82, 2.24) is 30.1 Å². The molecular weight excluding hydrogens is 472 g/mol. The first-order valence-corrected chi connectivity index (χ1v) is 12.5. The number of hydrogen-bond donors (Lipinski definition) is 1. The van der Waals surface area contributed by atoms with Gasteiger partial charge in [0.25, 0.3) is 5.56 Å². The van der Waals surface area contributed by atoms with Crippen LogP contribution in [0.5, 0.6) is 11.5 Å². The van der Waals surface area contributed by atoms with Crippen molar-refractivity contribution in [3.05, 3.63) is 74.8 Å². The van der Waals surface area contributed by atoms with Gasteiger partial charge in [0.1, 0.15) is 0 Å². The Bertz CT molecular complexity index is 1460. The van der Waals surface area contributed by atoms with E-state index in [4.69, 9.17) is 14.2 Å². The average Bonchev–Trinajstić information content (AvgIpc) is 3.55. The topological polar surface area (TPSA) is 107 Å². The van der Waals surface area contributed by atoms with E-state index in [1.165, 1.54) is 0 Å². The van der Waals surface area contributed by atoms with Crippen molar-refractivity contribution < 1.29 is 14.2 Å². The van der Waals surface area contributed by atoms with Crippen molar-refractivity contribution >= 4 is 10.9 Å². The molecule has 4 aromatic rings. The number of nitrogens with one attached hydrogen (secondary N) is 1. The first-order valence-electron chi connectivity index (χ1n) is 12.5. The lowest BCUT2D eigenvalue weighted by molar-refractivity contribution is 0.150. The lowest BCUT2D eigenvalue weighted by Gasteiger charge is -2.30. The highest BCUT2D eigenvalue weighted by atomic mass is 16.7. The Hall–Kier alpha value is -3.76. The maximum Gasteiger partial charge on any atom is 0.252 e. The van der Waals surface area contributed by atoms with E-state index < -0.39 is 0 Å². The highest BCUT2D eigenvalue weighted by Gasteiger charge is 2.27. The first-order chi connectivity index (χ1) is 18.0. The number of aromatic amines is 1. The zero-order valence-corrected chi connectivity index (χ0v) is 21.7. The standard InChI is InChI=1S/C27H32N6O4/c1-5-22(26-29-30-31-33(26)10-11-35-4)32(14-19-8-9-23-24(12-19)37-16-36-23)15-20-13-21-17(2)6-7-18(3)25(21)28-27(20)34/h6-9,12-13,22H,5,10-11,14-16H2,1-4H3,(H,28,34). The van der Waals surface area contributed by atoms with Gasteiger partial charge >= 0.3 is 0 Å². The number of nitrogens with zero attached hydrogens (tertiary/aromatic N) is 5. The van der Waals surface area contributed by atoms with Crippen LogP contribution < -0.4 is 15.0 Å². The van der Waals surface area contributed by atoms with E-state index in [-0.39, 0.29) is 18.4 Å². The van der Waals surface area contributed by atoms with E-state index in [9.17, 15) is 4.79 Å². The predicted molar refractivity (Wildman–Crippen MR) is 139 cm³/mol. The van der Waals surface area contributed by atoms with E-state index in [0.717, 1.165) is 51.3 Å². The summed E-state index contributed by atoms with van der Waals surface area (Å²) in [6, 6.07) is 12.0. The zero-order valence-electron chi connectivity index (χ0n) is 21.7. The number of pyridine rings is 1. The molecule has 1 aliphatic rings. The maximum absolute atomic E-state index is 13.3. The molecule has 1 aliphatic heterocycles. The number of benzene rings is 2. The van der Waals surface area contributed by atoms with Crippen LogP contribution in [0.25, 0.3) is 10.9 Å². The normalized spacial score (nSPS) is 13.5. The lowest BCUT2D eigenvalue weighted by atomic mass is 10.0. The van der Waals surface area contributed by atoms with Crippen molar-refractivity contribution in [3.63, 3.8) is 0 Å². The molecule has 1 atom stereocenters. The summed E-state index contributed by atoms with van der Waals surface area (Å²) in [5, 5.41) is 13.6. The molecule has 0 fully saturated rings. The zero-order chi connectivity index (χ0) is 25.9. The molecule has 10 heteroatoms. The smallest absolute Gasteiger partial charge is 0.252 e. The van der Waals surface area contributed by atoms with Gasteiger partial charge < -0.3 is 19.2 Å². The number of fused-ring (bicyclic) bond motifs is 2. The Morgan fingerprint density at radius 1 is 1.11 bits per heavy atom. The van der Waals surface area contributed by atoms with E-state index in [1.807, 2.05) is 37.3 Å². The third-order valence-electron chi connectivity index (χ3n) is 6.91. The Morgan fingerprint density at radius 3 is 2.73 bits per heavy atom.